The first-order valence-electron chi connectivity index (χ1n) is 16.9. The highest BCUT2D eigenvalue weighted by molar-refractivity contribution is 7.95. The second kappa shape index (κ2) is 18.6. The summed E-state index contributed by atoms with van der Waals surface area (Å²) in [6.45, 7) is 13.8. The van der Waals surface area contributed by atoms with E-state index in [-0.39, 0.29) is 6.16 Å². The highest BCUT2D eigenvalue weighted by Crippen LogP contribution is 2.54. The highest BCUT2D eigenvalue weighted by Gasteiger charge is 2.42. The Kier molecular flexibility index (Phi) is 16.1. The van der Waals surface area contributed by atoms with Crippen molar-refractivity contribution in [3.05, 3.63) is 68.8 Å². The molecule has 234 valence electrons. The van der Waals surface area contributed by atoms with Crippen LogP contribution >= 0.6 is 7.14 Å². The van der Waals surface area contributed by atoms with E-state index < -0.39 is 18.2 Å². The minimum atomic E-state index is -3.85. The van der Waals surface area contributed by atoms with Gasteiger partial charge in [-0.05, 0) is 70.2 Å². The van der Waals surface area contributed by atoms with Crippen molar-refractivity contribution in [3.8, 4) is 0 Å². The quantitative estimate of drug-likeness (QED) is 0.107. The summed E-state index contributed by atoms with van der Waals surface area (Å²) < 4.78 is 14.6. The largest absolute Gasteiger partial charge is 0.307 e. The maximum Gasteiger partial charge on any atom is 0.229 e. The predicted molar refractivity (Wildman–Crippen MR) is 182 cm³/mol. The molecule has 2 rings (SSSR count). The third-order valence-corrected chi connectivity index (χ3v) is 11.5. The molecule has 42 heavy (non-hydrogen) atoms. The molecule has 3 nitrogen and oxygen atoms in total. The van der Waals surface area contributed by atoms with Gasteiger partial charge < -0.3 is 4.57 Å². The van der Waals surface area contributed by atoms with Crippen LogP contribution in [0, 0.1) is 41.5 Å². The third kappa shape index (κ3) is 10.9. The summed E-state index contributed by atoms with van der Waals surface area (Å²) in [7, 11) is -3.85. The molecule has 0 radical (unpaired) electrons. The highest BCUT2D eigenvalue weighted by atomic mass is 31.2. The van der Waals surface area contributed by atoms with Crippen LogP contribution in [0.2, 0.25) is 0 Å². The Morgan fingerprint density at radius 1 is 0.476 bits per heavy atom. The first-order valence-corrected chi connectivity index (χ1v) is 18.8. The molecule has 0 aliphatic carbocycles. The van der Waals surface area contributed by atoms with Crippen molar-refractivity contribution in [3.63, 3.8) is 0 Å². The molecular formula is C38H59O3P. The number of unbranched alkanes of at least 4 members (excludes halogenated alkanes) is 15. The van der Waals surface area contributed by atoms with Crippen molar-refractivity contribution in [1.82, 2.24) is 0 Å². The van der Waals surface area contributed by atoms with Crippen LogP contribution < -0.4 is 0 Å². The monoisotopic (exact) mass is 594 g/mol. The Morgan fingerprint density at radius 3 is 1.02 bits per heavy atom. The normalized spacial score (nSPS) is 11.7. The second-order valence-corrected chi connectivity index (χ2v) is 15.7. The molecule has 0 saturated heterocycles. The van der Waals surface area contributed by atoms with Gasteiger partial charge in [0, 0.05) is 17.3 Å². The molecule has 2 aromatic carbocycles. The van der Waals surface area contributed by atoms with E-state index in [2.05, 4.69) is 6.92 Å². The Balaban J connectivity index is 1.92. The molecule has 0 saturated carbocycles. The van der Waals surface area contributed by atoms with Crippen LogP contribution in [0.5, 0.6) is 0 Å². The van der Waals surface area contributed by atoms with Gasteiger partial charge >= 0.3 is 0 Å². The van der Waals surface area contributed by atoms with Gasteiger partial charge in [0.1, 0.15) is 0 Å². The van der Waals surface area contributed by atoms with Crippen molar-refractivity contribution in [2.45, 2.75) is 151 Å². The lowest BCUT2D eigenvalue weighted by molar-refractivity contribution is 0.103. The van der Waals surface area contributed by atoms with Gasteiger partial charge in [0.05, 0.1) is 0 Å². The molecule has 0 spiro atoms. The van der Waals surface area contributed by atoms with E-state index in [1.807, 2.05) is 65.8 Å². The number of carbonyl (C=O) groups excluding carboxylic acids is 2. The number of hydrogen-bond donors (Lipinski definition) is 0. The Labute approximate surface area is 258 Å². The van der Waals surface area contributed by atoms with Gasteiger partial charge in [-0.25, -0.2) is 0 Å². The zero-order chi connectivity index (χ0) is 31.1. The van der Waals surface area contributed by atoms with E-state index in [9.17, 15) is 14.2 Å². The maximum absolute atomic E-state index is 14.6. The lowest BCUT2D eigenvalue weighted by Crippen LogP contribution is -2.17. The molecule has 0 unspecified atom stereocenters. The van der Waals surface area contributed by atoms with Crippen LogP contribution in [-0.2, 0) is 4.57 Å². The zero-order valence-corrected chi connectivity index (χ0v) is 28.9. The minimum Gasteiger partial charge on any atom is -0.307 e. The molecule has 0 fully saturated rings. The molecule has 0 N–H and O–H groups in total. The summed E-state index contributed by atoms with van der Waals surface area (Å²) in [5, 5.41) is 0. The lowest BCUT2D eigenvalue weighted by atomic mass is 10.0. The summed E-state index contributed by atoms with van der Waals surface area (Å²) in [6.07, 6.45) is 20.2. The Morgan fingerprint density at radius 2 is 0.738 bits per heavy atom. The average Bonchev–Trinajstić information content (AvgIpc) is 2.91. The molecule has 2 aromatic rings. The van der Waals surface area contributed by atoms with E-state index in [4.69, 9.17) is 0 Å². The smallest absolute Gasteiger partial charge is 0.229 e. The minimum absolute atomic E-state index is 0.155. The van der Waals surface area contributed by atoms with E-state index in [0.717, 1.165) is 52.6 Å². The van der Waals surface area contributed by atoms with Crippen LogP contribution in [0.1, 0.15) is 164 Å². The zero-order valence-electron chi connectivity index (χ0n) is 28.0. The number of rotatable bonds is 21. The molecular weight excluding hydrogens is 535 g/mol. The fourth-order valence-electron chi connectivity index (χ4n) is 6.57. The van der Waals surface area contributed by atoms with E-state index in [1.54, 1.807) is 0 Å². The van der Waals surface area contributed by atoms with Crippen LogP contribution in [0.3, 0.4) is 0 Å². The van der Waals surface area contributed by atoms with Crippen molar-refractivity contribution < 1.29 is 14.2 Å². The first-order chi connectivity index (χ1) is 20.0. The van der Waals surface area contributed by atoms with Crippen LogP contribution in [0.4, 0.5) is 0 Å². The predicted octanol–water partition coefficient (Wildman–Crippen LogP) is 12.1. The number of aryl methyl sites for hydroxylation is 6. The van der Waals surface area contributed by atoms with Crippen LogP contribution in [0.25, 0.3) is 0 Å². The summed E-state index contributed by atoms with van der Waals surface area (Å²) in [6, 6.07) is 7.80. The summed E-state index contributed by atoms with van der Waals surface area (Å²) >= 11 is 0. The standard InChI is InChI=1S/C38H59O3P/c1-8-9-10-11-12-13-14-15-16-17-18-19-20-21-22-23-24-42(41,37(39)35-31(4)25-29(2)26-32(35)5)38(40)36-33(6)27-30(3)28-34(36)7/h25-28H,8-24H2,1-7H3. The summed E-state index contributed by atoms with van der Waals surface area (Å²) in [4.78, 5) is 28.1. The second-order valence-electron chi connectivity index (χ2n) is 12.9. The van der Waals surface area contributed by atoms with E-state index >= 15 is 0 Å². The molecule has 0 amide bonds. The van der Waals surface area contributed by atoms with Crippen molar-refractivity contribution >= 4 is 18.2 Å². The molecule has 0 bridgehead atoms. The lowest BCUT2D eigenvalue weighted by Gasteiger charge is -2.21. The fourth-order valence-corrected chi connectivity index (χ4v) is 9.26. The molecule has 0 aliphatic heterocycles. The van der Waals surface area contributed by atoms with Gasteiger partial charge in [-0.15, -0.1) is 0 Å². The Bertz CT molecular complexity index is 1090. The van der Waals surface area contributed by atoms with Gasteiger partial charge in [-0.3, -0.25) is 9.59 Å². The first kappa shape index (κ1) is 36.2. The Hall–Kier alpha value is -1.99. The van der Waals surface area contributed by atoms with Gasteiger partial charge in [0.25, 0.3) is 0 Å². The molecule has 0 aromatic heterocycles. The number of hydrogen-bond acceptors (Lipinski definition) is 3. The van der Waals surface area contributed by atoms with Crippen molar-refractivity contribution in [1.29, 1.82) is 0 Å². The van der Waals surface area contributed by atoms with Crippen LogP contribution in [0.15, 0.2) is 24.3 Å². The molecule has 4 heteroatoms. The van der Waals surface area contributed by atoms with Crippen molar-refractivity contribution in [2.24, 2.45) is 0 Å². The molecule has 0 aliphatic rings. The topological polar surface area (TPSA) is 51.2 Å². The number of benzene rings is 2. The SMILES string of the molecule is CCCCCCCCCCCCCCCCCCP(=O)(C(=O)c1c(C)cc(C)cc1C)C(=O)c1c(C)cc(C)cc1C. The van der Waals surface area contributed by atoms with Gasteiger partial charge in [0.2, 0.25) is 18.2 Å². The van der Waals surface area contributed by atoms with Crippen molar-refractivity contribution in [2.75, 3.05) is 6.16 Å². The maximum atomic E-state index is 14.6. The third-order valence-electron chi connectivity index (χ3n) is 8.76. The molecule has 0 atom stereocenters. The summed E-state index contributed by atoms with van der Waals surface area (Å²) in [5.41, 5.74) is 5.35. The molecule has 0 heterocycles. The van der Waals surface area contributed by atoms with Gasteiger partial charge in [0.15, 0.2) is 0 Å². The fraction of sp³-hybridized carbons (Fsp3) is 0.632. The number of carbonyl (C=O) groups is 2. The van der Waals surface area contributed by atoms with E-state index in [1.165, 1.54) is 77.0 Å². The van der Waals surface area contributed by atoms with Crippen LogP contribution in [-0.4, -0.2) is 17.2 Å². The average molecular weight is 595 g/mol. The van der Waals surface area contributed by atoms with Gasteiger partial charge in [-0.1, -0.05) is 139 Å². The van der Waals surface area contributed by atoms with Gasteiger partial charge in [-0.2, -0.15) is 0 Å². The summed E-state index contributed by atoms with van der Waals surface area (Å²) in [5.74, 6) is 0. The van der Waals surface area contributed by atoms with E-state index in [0.29, 0.717) is 17.5 Å².